The molecule has 0 N–H and O–H groups in total. The second-order valence-corrected chi connectivity index (χ2v) is 3.19. The van der Waals surface area contributed by atoms with E-state index in [2.05, 4.69) is 25.3 Å². The Morgan fingerprint density at radius 2 is 1.75 bits per heavy atom. The average Bonchev–Trinajstić information content (AvgIpc) is 2.53. The Morgan fingerprint density at radius 3 is 1.88 bits per heavy atom. The monoisotopic (exact) mass is 148 g/mol. The van der Waals surface area contributed by atoms with E-state index in [1.165, 1.54) is 12.8 Å². The van der Waals surface area contributed by atoms with E-state index in [0.29, 0.717) is 0 Å². The normalized spacial score (nSPS) is 19.9. The van der Waals surface area contributed by atoms with Crippen molar-refractivity contribution in [1.29, 1.82) is 0 Å². The summed E-state index contributed by atoms with van der Waals surface area (Å²) in [7, 11) is 0. The van der Waals surface area contributed by atoms with Crippen LogP contribution in [0.1, 0.15) is 12.8 Å². The highest BCUT2D eigenvalue weighted by molar-refractivity contribution is 7.81. The molecule has 1 aliphatic carbocycles. The molecular formula is C6H12S2. The van der Waals surface area contributed by atoms with Crippen LogP contribution in [-0.2, 0) is 0 Å². The minimum Gasteiger partial charge on any atom is -0.179 e. The average molecular weight is 148 g/mol. The van der Waals surface area contributed by atoms with Gasteiger partial charge in [-0.15, -0.1) is 0 Å². The summed E-state index contributed by atoms with van der Waals surface area (Å²) < 4.78 is 0. The van der Waals surface area contributed by atoms with Gasteiger partial charge in [0.1, 0.15) is 0 Å². The topological polar surface area (TPSA) is 0 Å². The molecule has 0 heterocycles. The molecule has 2 heteroatoms. The molecule has 0 aromatic carbocycles. The summed E-state index contributed by atoms with van der Waals surface area (Å²) >= 11 is 8.45. The van der Waals surface area contributed by atoms with Crippen molar-refractivity contribution in [1.82, 2.24) is 0 Å². The van der Waals surface area contributed by atoms with Crippen molar-refractivity contribution in [2.24, 2.45) is 11.8 Å². The Balaban J connectivity index is 2.15. The van der Waals surface area contributed by atoms with Crippen LogP contribution in [0.5, 0.6) is 0 Å². The summed E-state index contributed by atoms with van der Waals surface area (Å²) in [5, 5.41) is 0. The number of rotatable bonds is 3. The third-order valence-electron chi connectivity index (χ3n) is 1.76. The van der Waals surface area contributed by atoms with E-state index in [0.717, 1.165) is 23.3 Å². The lowest BCUT2D eigenvalue weighted by molar-refractivity contribution is 0.586. The molecule has 0 spiro atoms. The summed E-state index contributed by atoms with van der Waals surface area (Å²) in [4.78, 5) is 0. The molecule has 0 aliphatic heterocycles. The molecule has 0 nitrogen and oxygen atoms in total. The maximum atomic E-state index is 4.23. The maximum absolute atomic E-state index is 4.23. The Bertz CT molecular complexity index is 64.9. The fourth-order valence-corrected chi connectivity index (χ4v) is 1.98. The standard InChI is InChI=1S/C6H12S2/c7-3-6(4-8)5-1-2-5/h5-8H,1-4H2. The number of hydrogen-bond acceptors (Lipinski definition) is 2. The lowest BCUT2D eigenvalue weighted by Gasteiger charge is -2.06. The first-order valence-corrected chi connectivity index (χ1v) is 4.36. The molecule has 1 fully saturated rings. The van der Waals surface area contributed by atoms with Gasteiger partial charge < -0.3 is 0 Å². The van der Waals surface area contributed by atoms with Gasteiger partial charge in [-0.3, -0.25) is 0 Å². The highest BCUT2D eigenvalue weighted by atomic mass is 32.1. The van der Waals surface area contributed by atoms with Crippen LogP contribution in [0.4, 0.5) is 0 Å². The summed E-state index contributed by atoms with van der Waals surface area (Å²) in [5.41, 5.74) is 0. The zero-order valence-electron chi connectivity index (χ0n) is 4.88. The third-order valence-corrected chi connectivity index (χ3v) is 2.70. The van der Waals surface area contributed by atoms with Crippen molar-refractivity contribution in [3.05, 3.63) is 0 Å². The van der Waals surface area contributed by atoms with E-state index in [4.69, 9.17) is 0 Å². The molecule has 1 rings (SSSR count). The van der Waals surface area contributed by atoms with Crippen molar-refractivity contribution in [3.63, 3.8) is 0 Å². The largest absolute Gasteiger partial charge is 0.179 e. The highest BCUT2D eigenvalue weighted by Gasteiger charge is 2.28. The fraction of sp³-hybridized carbons (Fsp3) is 1.00. The van der Waals surface area contributed by atoms with Crippen molar-refractivity contribution in [3.8, 4) is 0 Å². The molecule has 0 aromatic heterocycles. The minimum absolute atomic E-state index is 0.793. The van der Waals surface area contributed by atoms with E-state index in [-0.39, 0.29) is 0 Å². The second kappa shape index (κ2) is 3.02. The van der Waals surface area contributed by atoms with Crippen LogP contribution in [0.3, 0.4) is 0 Å². The van der Waals surface area contributed by atoms with Crippen molar-refractivity contribution in [2.45, 2.75) is 12.8 Å². The Morgan fingerprint density at radius 1 is 1.25 bits per heavy atom. The molecule has 0 radical (unpaired) electrons. The molecule has 8 heavy (non-hydrogen) atoms. The highest BCUT2D eigenvalue weighted by Crippen LogP contribution is 2.37. The first-order chi connectivity index (χ1) is 3.88. The zero-order valence-corrected chi connectivity index (χ0v) is 6.67. The molecule has 48 valence electrons. The summed E-state index contributed by atoms with van der Waals surface area (Å²) in [6, 6.07) is 0. The van der Waals surface area contributed by atoms with Gasteiger partial charge in [0.25, 0.3) is 0 Å². The lowest BCUT2D eigenvalue weighted by Crippen LogP contribution is -2.05. The zero-order chi connectivity index (χ0) is 5.98. The van der Waals surface area contributed by atoms with Gasteiger partial charge in [0, 0.05) is 0 Å². The Hall–Kier alpha value is 0.700. The molecular weight excluding hydrogens is 136 g/mol. The van der Waals surface area contributed by atoms with Crippen LogP contribution in [0.25, 0.3) is 0 Å². The quantitative estimate of drug-likeness (QED) is 0.561. The molecule has 0 bridgehead atoms. The van der Waals surface area contributed by atoms with Crippen molar-refractivity contribution < 1.29 is 0 Å². The SMILES string of the molecule is SCC(CS)C1CC1. The third kappa shape index (κ3) is 1.59. The molecule has 0 unspecified atom stereocenters. The summed E-state index contributed by atoms with van der Waals surface area (Å²) in [6.45, 7) is 0. The molecule has 0 atom stereocenters. The Kier molecular flexibility index (Phi) is 2.57. The first kappa shape index (κ1) is 6.81. The van der Waals surface area contributed by atoms with Crippen LogP contribution in [0.2, 0.25) is 0 Å². The fourth-order valence-electron chi connectivity index (χ4n) is 0.924. The molecule has 1 aliphatic rings. The van der Waals surface area contributed by atoms with Gasteiger partial charge in [0.15, 0.2) is 0 Å². The molecule has 1 saturated carbocycles. The van der Waals surface area contributed by atoms with Gasteiger partial charge >= 0.3 is 0 Å². The summed E-state index contributed by atoms with van der Waals surface area (Å²) in [6.07, 6.45) is 2.84. The first-order valence-electron chi connectivity index (χ1n) is 3.10. The predicted molar refractivity (Wildman–Crippen MR) is 43.9 cm³/mol. The van der Waals surface area contributed by atoms with Gasteiger partial charge in [-0.1, -0.05) is 0 Å². The number of hydrogen-bond donors (Lipinski definition) is 2. The lowest BCUT2D eigenvalue weighted by atomic mass is 10.1. The van der Waals surface area contributed by atoms with Gasteiger partial charge in [0.05, 0.1) is 0 Å². The summed E-state index contributed by atoms with van der Waals surface area (Å²) in [5.74, 6) is 3.81. The van der Waals surface area contributed by atoms with E-state index in [1.807, 2.05) is 0 Å². The van der Waals surface area contributed by atoms with Gasteiger partial charge in [-0.05, 0) is 36.2 Å². The van der Waals surface area contributed by atoms with Crippen molar-refractivity contribution >= 4 is 25.3 Å². The van der Waals surface area contributed by atoms with E-state index >= 15 is 0 Å². The molecule has 0 saturated heterocycles. The Labute approximate surface area is 61.9 Å². The predicted octanol–water partition coefficient (Wildman–Crippen LogP) is 1.87. The van der Waals surface area contributed by atoms with Crippen LogP contribution in [-0.4, -0.2) is 11.5 Å². The van der Waals surface area contributed by atoms with E-state index in [1.54, 1.807) is 0 Å². The minimum atomic E-state index is 0.793. The van der Waals surface area contributed by atoms with Crippen LogP contribution >= 0.6 is 25.3 Å². The van der Waals surface area contributed by atoms with E-state index in [9.17, 15) is 0 Å². The van der Waals surface area contributed by atoms with Gasteiger partial charge in [0.2, 0.25) is 0 Å². The van der Waals surface area contributed by atoms with Gasteiger partial charge in [-0.25, -0.2) is 0 Å². The number of thiol groups is 2. The van der Waals surface area contributed by atoms with Crippen LogP contribution in [0.15, 0.2) is 0 Å². The molecule has 0 aromatic rings. The van der Waals surface area contributed by atoms with Crippen LogP contribution < -0.4 is 0 Å². The molecule has 0 amide bonds. The maximum Gasteiger partial charge on any atom is -0.00591 e. The van der Waals surface area contributed by atoms with E-state index < -0.39 is 0 Å². The smallest absolute Gasteiger partial charge is 0.00591 e. The van der Waals surface area contributed by atoms with Gasteiger partial charge in [-0.2, -0.15) is 25.3 Å². The van der Waals surface area contributed by atoms with Crippen LogP contribution in [0, 0.1) is 11.8 Å². The van der Waals surface area contributed by atoms with Crippen molar-refractivity contribution in [2.75, 3.05) is 11.5 Å². The second-order valence-electron chi connectivity index (χ2n) is 2.46.